The van der Waals surface area contributed by atoms with Crippen LogP contribution in [0, 0.1) is 6.92 Å². The van der Waals surface area contributed by atoms with Gasteiger partial charge in [0.05, 0.1) is 0 Å². The second kappa shape index (κ2) is 8.60. The summed E-state index contributed by atoms with van der Waals surface area (Å²) in [6.07, 6.45) is -1.84. The summed E-state index contributed by atoms with van der Waals surface area (Å²) in [5.41, 5.74) is 0. The van der Waals surface area contributed by atoms with Crippen molar-refractivity contribution in [3.05, 3.63) is 17.5 Å². The van der Waals surface area contributed by atoms with Crippen LogP contribution in [0.25, 0.3) is 5.95 Å². The molecule has 2 heterocycles. The van der Waals surface area contributed by atoms with E-state index in [-0.39, 0.29) is 24.0 Å². The average molecular weight is 389 g/mol. The number of hydrogen-bond acceptors (Lipinski definition) is 6. The van der Waals surface area contributed by atoms with Crippen LogP contribution in [0.4, 0.5) is 13.2 Å². The second-order valence-corrected chi connectivity index (χ2v) is 5.69. The van der Waals surface area contributed by atoms with E-state index >= 15 is 0 Å². The number of hydrogen-bond donors (Lipinski definition) is 3. The van der Waals surface area contributed by atoms with Crippen molar-refractivity contribution >= 4 is 11.9 Å². The highest BCUT2D eigenvalue weighted by Gasteiger charge is 2.35. The van der Waals surface area contributed by atoms with Gasteiger partial charge in [0, 0.05) is 13.0 Å². The Balaban J connectivity index is 1.87. The SMILES string of the molecule is Cc1nc(C(=O)NCCCCCCC(=O)O)nn1-c1n[nH]c(C(F)(F)F)n1. The fourth-order valence-electron chi connectivity index (χ4n) is 2.19. The highest BCUT2D eigenvalue weighted by atomic mass is 19.4. The molecule has 0 aliphatic carbocycles. The van der Waals surface area contributed by atoms with E-state index in [2.05, 4.69) is 25.5 Å². The molecule has 2 rings (SSSR count). The zero-order valence-electron chi connectivity index (χ0n) is 14.4. The van der Waals surface area contributed by atoms with Gasteiger partial charge >= 0.3 is 12.1 Å². The number of aromatic nitrogens is 6. The van der Waals surface area contributed by atoms with Crippen molar-refractivity contribution in [2.45, 2.75) is 45.2 Å². The summed E-state index contributed by atoms with van der Waals surface area (Å²) >= 11 is 0. The predicted octanol–water partition coefficient (Wildman–Crippen LogP) is 1.48. The van der Waals surface area contributed by atoms with Gasteiger partial charge in [0.15, 0.2) is 0 Å². The number of nitrogens with zero attached hydrogens (tertiary/aromatic N) is 5. The molecule has 13 heteroatoms. The molecule has 0 bridgehead atoms. The number of amides is 1. The number of aromatic amines is 1. The molecule has 0 spiro atoms. The van der Waals surface area contributed by atoms with Crippen LogP contribution in [0.5, 0.6) is 0 Å². The van der Waals surface area contributed by atoms with Crippen molar-refractivity contribution < 1.29 is 27.9 Å². The van der Waals surface area contributed by atoms with E-state index in [1.54, 1.807) is 5.10 Å². The van der Waals surface area contributed by atoms with Crippen molar-refractivity contribution in [1.29, 1.82) is 0 Å². The number of carboxylic acid groups (broad SMARTS) is 1. The minimum atomic E-state index is -4.68. The largest absolute Gasteiger partial charge is 0.481 e. The third-order valence-electron chi connectivity index (χ3n) is 3.51. The number of nitrogens with one attached hydrogen (secondary N) is 2. The Hall–Kier alpha value is -2.99. The normalized spacial score (nSPS) is 11.6. The number of carboxylic acids is 1. The fourth-order valence-corrected chi connectivity index (χ4v) is 2.19. The highest BCUT2D eigenvalue weighted by Crippen LogP contribution is 2.26. The zero-order valence-corrected chi connectivity index (χ0v) is 14.4. The molecule has 2 aromatic rings. The molecular weight excluding hydrogens is 371 g/mol. The lowest BCUT2D eigenvalue weighted by Gasteiger charge is -2.02. The van der Waals surface area contributed by atoms with Crippen LogP contribution in [0.1, 0.15) is 54.4 Å². The van der Waals surface area contributed by atoms with E-state index in [1.165, 1.54) is 6.92 Å². The molecule has 0 aliphatic rings. The number of carbonyl (C=O) groups excluding carboxylic acids is 1. The summed E-state index contributed by atoms with van der Waals surface area (Å²) in [6.45, 7) is 1.80. The highest BCUT2D eigenvalue weighted by molar-refractivity contribution is 5.90. The van der Waals surface area contributed by atoms with E-state index in [9.17, 15) is 22.8 Å². The molecule has 0 aromatic carbocycles. The molecule has 0 aliphatic heterocycles. The van der Waals surface area contributed by atoms with Gasteiger partial charge < -0.3 is 10.4 Å². The van der Waals surface area contributed by atoms with Crippen LogP contribution in [0.3, 0.4) is 0 Å². The van der Waals surface area contributed by atoms with Crippen LogP contribution in [-0.2, 0) is 11.0 Å². The lowest BCUT2D eigenvalue weighted by molar-refractivity contribution is -0.144. The van der Waals surface area contributed by atoms with Crippen molar-refractivity contribution in [2.75, 3.05) is 6.54 Å². The van der Waals surface area contributed by atoms with E-state index in [0.717, 1.165) is 17.5 Å². The third kappa shape index (κ3) is 5.76. The first-order valence-electron chi connectivity index (χ1n) is 8.12. The van der Waals surface area contributed by atoms with Crippen molar-refractivity contribution in [1.82, 2.24) is 35.3 Å². The Kier molecular flexibility index (Phi) is 6.47. The Morgan fingerprint density at radius 1 is 1.19 bits per heavy atom. The summed E-state index contributed by atoms with van der Waals surface area (Å²) in [4.78, 5) is 29.6. The molecule has 10 nitrogen and oxygen atoms in total. The zero-order chi connectivity index (χ0) is 20.0. The summed E-state index contributed by atoms with van der Waals surface area (Å²) in [5.74, 6) is -3.12. The number of aryl methyl sites for hydroxylation is 1. The molecule has 27 heavy (non-hydrogen) atoms. The average Bonchev–Trinajstić information content (AvgIpc) is 3.19. The lowest BCUT2D eigenvalue weighted by atomic mass is 10.1. The quantitative estimate of drug-likeness (QED) is 0.552. The Morgan fingerprint density at radius 3 is 2.52 bits per heavy atom. The van der Waals surface area contributed by atoms with Crippen molar-refractivity contribution in [3.8, 4) is 5.95 Å². The fraction of sp³-hybridized carbons (Fsp3) is 0.571. The van der Waals surface area contributed by atoms with Crippen molar-refractivity contribution in [2.24, 2.45) is 0 Å². The van der Waals surface area contributed by atoms with E-state index in [4.69, 9.17) is 5.11 Å². The monoisotopic (exact) mass is 389 g/mol. The predicted molar refractivity (Wildman–Crippen MR) is 84.1 cm³/mol. The molecule has 0 saturated carbocycles. The van der Waals surface area contributed by atoms with Gasteiger partial charge in [0.2, 0.25) is 11.6 Å². The van der Waals surface area contributed by atoms with Gasteiger partial charge in [-0.15, -0.1) is 10.2 Å². The molecule has 0 fully saturated rings. The molecule has 3 N–H and O–H groups in total. The maximum atomic E-state index is 12.6. The van der Waals surface area contributed by atoms with Gasteiger partial charge in [0.1, 0.15) is 5.82 Å². The van der Waals surface area contributed by atoms with Gasteiger partial charge in [-0.05, 0) is 19.8 Å². The molecular formula is C14H18F3N7O3. The molecule has 2 aromatic heterocycles. The minimum Gasteiger partial charge on any atom is -0.481 e. The number of carbonyl (C=O) groups is 2. The second-order valence-electron chi connectivity index (χ2n) is 5.69. The minimum absolute atomic E-state index is 0.115. The van der Waals surface area contributed by atoms with Gasteiger partial charge in [-0.1, -0.05) is 12.8 Å². The summed E-state index contributed by atoms with van der Waals surface area (Å²) in [6, 6.07) is 0. The maximum absolute atomic E-state index is 12.6. The topological polar surface area (TPSA) is 139 Å². The number of alkyl halides is 3. The number of rotatable bonds is 9. The Labute approximate surface area is 151 Å². The summed E-state index contributed by atoms with van der Waals surface area (Å²) in [7, 11) is 0. The van der Waals surface area contributed by atoms with Crippen LogP contribution in [0.2, 0.25) is 0 Å². The van der Waals surface area contributed by atoms with E-state index < -0.39 is 23.9 Å². The van der Waals surface area contributed by atoms with Crippen LogP contribution >= 0.6 is 0 Å². The molecule has 0 saturated heterocycles. The smallest absolute Gasteiger partial charge is 0.451 e. The van der Waals surface area contributed by atoms with Crippen LogP contribution in [-0.4, -0.2) is 53.5 Å². The molecule has 148 valence electrons. The van der Waals surface area contributed by atoms with Gasteiger partial charge in [0.25, 0.3) is 11.9 Å². The summed E-state index contributed by atoms with van der Waals surface area (Å²) < 4.78 is 38.6. The molecule has 1 amide bonds. The standard InChI is InChI=1S/C14H18F3N7O3/c1-8-19-10(11(27)18-7-5-3-2-4-6-9(25)26)23-24(8)13-20-12(21-22-13)14(15,16)17/h2-7H2,1H3,(H,18,27)(H,25,26)(H,20,21,22). The lowest BCUT2D eigenvalue weighted by Crippen LogP contribution is -2.25. The number of unbranched alkanes of at least 4 members (excludes halogenated alkanes) is 3. The third-order valence-corrected chi connectivity index (χ3v) is 3.51. The van der Waals surface area contributed by atoms with Gasteiger partial charge in [-0.25, -0.2) is 4.98 Å². The number of halogens is 3. The van der Waals surface area contributed by atoms with Gasteiger partial charge in [-0.3, -0.25) is 14.7 Å². The first kappa shape index (κ1) is 20.3. The number of aliphatic carboxylic acids is 1. The van der Waals surface area contributed by atoms with Crippen LogP contribution in [0.15, 0.2) is 0 Å². The first-order valence-corrected chi connectivity index (χ1v) is 8.12. The maximum Gasteiger partial charge on any atom is 0.451 e. The first-order chi connectivity index (χ1) is 12.7. The summed E-state index contributed by atoms with van der Waals surface area (Å²) in [5, 5.41) is 20.2. The molecule has 0 atom stereocenters. The number of H-pyrrole nitrogens is 1. The molecule has 0 unspecified atom stereocenters. The van der Waals surface area contributed by atoms with Crippen LogP contribution < -0.4 is 5.32 Å². The Bertz CT molecular complexity index is 800. The van der Waals surface area contributed by atoms with Crippen molar-refractivity contribution in [3.63, 3.8) is 0 Å². The van der Waals surface area contributed by atoms with E-state index in [0.29, 0.717) is 19.4 Å². The molecule has 0 radical (unpaired) electrons. The Morgan fingerprint density at radius 2 is 1.89 bits per heavy atom. The van der Waals surface area contributed by atoms with Gasteiger partial charge in [-0.2, -0.15) is 22.8 Å². The van der Waals surface area contributed by atoms with E-state index in [1.807, 2.05) is 0 Å².